The van der Waals surface area contributed by atoms with Crippen LogP contribution in [0.4, 0.5) is 16.4 Å². The SMILES string of the molecule is N#Cc1nnc(Nc2nc3ccc(F)cc3o2)o1. The van der Waals surface area contributed by atoms with Crippen LogP contribution < -0.4 is 5.32 Å². The van der Waals surface area contributed by atoms with Gasteiger partial charge in [-0.15, -0.1) is 0 Å². The first kappa shape index (κ1) is 10.2. The molecule has 88 valence electrons. The number of hydrogen-bond acceptors (Lipinski definition) is 7. The lowest BCUT2D eigenvalue weighted by Crippen LogP contribution is -1.89. The van der Waals surface area contributed by atoms with Gasteiger partial charge in [0.15, 0.2) is 11.7 Å². The molecule has 0 radical (unpaired) electrons. The number of fused-ring (bicyclic) bond motifs is 1. The van der Waals surface area contributed by atoms with Crippen LogP contribution in [0.3, 0.4) is 0 Å². The van der Waals surface area contributed by atoms with Gasteiger partial charge in [-0.05, 0) is 12.1 Å². The summed E-state index contributed by atoms with van der Waals surface area (Å²) >= 11 is 0. The second kappa shape index (κ2) is 3.81. The summed E-state index contributed by atoms with van der Waals surface area (Å²) in [7, 11) is 0. The molecule has 0 spiro atoms. The van der Waals surface area contributed by atoms with E-state index in [1.165, 1.54) is 18.2 Å². The third-order valence-corrected chi connectivity index (χ3v) is 2.08. The largest absolute Gasteiger partial charge is 0.423 e. The van der Waals surface area contributed by atoms with E-state index in [2.05, 4.69) is 20.5 Å². The molecule has 0 atom stereocenters. The Balaban J connectivity index is 1.93. The maximum atomic E-state index is 12.9. The second-order valence-electron chi connectivity index (χ2n) is 3.28. The Morgan fingerprint density at radius 1 is 1.22 bits per heavy atom. The van der Waals surface area contributed by atoms with Crippen LogP contribution in [0.2, 0.25) is 0 Å². The van der Waals surface area contributed by atoms with E-state index in [4.69, 9.17) is 14.1 Å². The zero-order valence-corrected chi connectivity index (χ0v) is 8.72. The summed E-state index contributed by atoms with van der Waals surface area (Å²) < 4.78 is 23.0. The lowest BCUT2D eigenvalue weighted by molar-refractivity contribution is 0.546. The molecule has 0 fully saturated rings. The van der Waals surface area contributed by atoms with Gasteiger partial charge in [-0.1, -0.05) is 10.2 Å². The highest BCUT2D eigenvalue weighted by Crippen LogP contribution is 2.22. The molecule has 0 aliphatic heterocycles. The summed E-state index contributed by atoms with van der Waals surface area (Å²) in [6, 6.07) is 5.69. The predicted octanol–water partition coefficient (Wildman–Crippen LogP) is 1.97. The predicted molar refractivity (Wildman–Crippen MR) is 56.3 cm³/mol. The van der Waals surface area contributed by atoms with Gasteiger partial charge in [-0.2, -0.15) is 10.2 Å². The third-order valence-electron chi connectivity index (χ3n) is 2.08. The molecule has 0 saturated heterocycles. The number of nitriles is 1. The van der Waals surface area contributed by atoms with E-state index >= 15 is 0 Å². The number of nitrogens with one attached hydrogen (secondary N) is 1. The number of aromatic nitrogens is 3. The standard InChI is InChI=1S/C10H4FN5O2/c11-5-1-2-6-7(3-5)17-9(13-6)14-10-16-15-8(4-12)18-10/h1-3H,(H,13,14,16). The van der Waals surface area contributed by atoms with Crippen molar-refractivity contribution < 1.29 is 13.2 Å². The molecule has 1 N–H and O–H groups in total. The fourth-order valence-electron chi connectivity index (χ4n) is 1.36. The van der Waals surface area contributed by atoms with E-state index in [-0.39, 0.29) is 23.5 Å². The van der Waals surface area contributed by atoms with Crippen LogP contribution in [0.25, 0.3) is 11.1 Å². The molecular weight excluding hydrogens is 241 g/mol. The maximum Gasteiger partial charge on any atom is 0.324 e. The average Bonchev–Trinajstić information content (AvgIpc) is 2.95. The van der Waals surface area contributed by atoms with Crippen molar-refractivity contribution in [2.45, 2.75) is 0 Å². The Morgan fingerprint density at radius 2 is 2.11 bits per heavy atom. The fourth-order valence-corrected chi connectivity index (χ4v) is 1.36. The van der Waals surface area contributed by atoms with Crippen LogP contribution in [0, 0.1) is 17.1 Å². The Bertz CT molecular complexity index is 757. The quantitative estimate of drug-likeness (QED) is 0.736. The van der Waals surface area contributed by atoms with Gasteiger partial charge in [0.1, 0.15) is 11.3 Å². The van der Waals surface area contributed by atoms with Gasteiger partial charge in [-0.3, -0.25) is 5.32 Å². The van der Waals surface area contributed by atoms with Crippen LogP contribution in [-0.4, -0.2) is 15.2 Å². The number of halogens is 1. The number of rotatable bonds is 2. The van der Waals surface area contributed by atoms with Crippen LogP contribution in [0.1, 0.15) is 5.89 Å². The lowest BCUT2D eigenvalue weighted by Gasteiger charge is -1.90. The minimum atomic E-state index is -0.422. The van der Waals surface area contributed by atoms with Crippen molar-refractivity contribution in [2.75, 3.05) is 5.32 Å². The molecule has 0 unspecified atom stereocenters. The molecule has 0 bridgehead atoms. The Kier molecular flexibility index (Phi) is 2.16. The van der Waals surface area contributed by atoms with E-state index in [9.17, 15) is 4.39 Å². The van der Waals surface area contributed by atoms with Crippen molar-refractivity contribution in [3.63, 3.8) is 0 Å². The molecule has 3 aromatic rings. The van der Waals surface area contributed by atoms with Crippen LogP contribution in [-0.2, 0) is 0 Å². The summed E-state index contributed by atoms with van der Waals surface area (Å²) in [6.07, 6.45) is 0. The Morgan fingerprint density at radius 3 is 2.89 bits per heavy atom. The van der Waals surface area contributed by atoms with E-state index in [1.54, 1.807) is 6.07 Å². The fraction of sp³-hybridized carbons (Fsp3) is 0. The number of benzene rings is 1. The van der Waals surface area contributed by atoms with Crippen molar-refractivity contribution >= 4 is 23.1 Å². The minimum Gasteiger partial charge on any atom is -0.423 e. The first-order chi connectivity index (χ1) is 8.74. The summed E-state index contributed by atoms with van der Waals surface area (Å²) in [4.78, 5) is 4.03. The number of anilines is 2. The number of nitrogens with zero attached hydrogens (tertiary/aromatic N) is 4. The van der Waals surface area contributed by atoms with Crippen molar-refractivity contribution in [3.05, 3.63) is 29.9 Å². The normalized spacial score (nSPS) is 10.4. The van der Waals surface area contributed by atoms with Gasteiger partial charge in [0.2, 0.25) is 0 Å². The van der Waals surface area contributed by atoms with Crippen molar-refractivity contribution in [1.82, 2.24) is 15.2 Å². The summed E-state index contributed by atoms with van der Waals surface area (Å²) in [5.41, 5.74) is 0.774. The maximum absolute atomic E-state index is 12.9. The summed E-state index contributed by atoms with van der Waals surface area (Å²) in [5.74, 6) is -0.602. The molecule has 2 aromatic heterocycles. The van der Waals surface area contributed by atoms with Crippen molar-refractivity contribution in [3.8, 4) is 6.07 Å². The van der Waals surface area contributed by atoms with E-state index < -0.39 is 5.82 Å². The van der Waals surface area contributed by atoms with E-state index in [0.29, 0.717) is 5.52 Å². The lowest BCUT2D eigenvalue weighted by atomic mass is 10.3. The highest BCUT2D eigenvalue weighted by atomic mass is 19.1. The third kappa shape index (κ3) is 1.73. The van der Waals surface area contributed by atoms with Gasteiger partial charge in [-0.25, -0.2) is 4.39 Å². The second-order valence-corrected chi connectivity index (χ2v) is 3.28. The smallest absolute Gasteiger partial charge is 0.324 e. The first-order valence-electron chi connectivity index (χ1n) is 4.81. The molecule has 18 heavy (non-hydrogen) atoms. The van der Waals surface area contributed by atoms with E-state index in [0.717, 1.165) is 0 Å². The van der Waals surface area contributed by atoms with Gasteiger partial charge >= 0.3 is 17.9 Å². The minimum absolute atomic E-state index is 0.0291. The zero-order valence-electron chi connectivity index (χ0n) is 8.72. The van der Waals surface area contributed by atoms with Crippen LogP contribution >= 0.6 is 0 Å². The molecule has 2 heterocycles. The molecule has 0 saturated carbocycles. The van der Waals surface area contributed by atoms with Crippen molar-refractivity contribution in [1.29, 1.82) is 5.26 Å². The molecule has 7 nitrogen and oxygen atoms in total. The van der Waals surface area contributed by atoms with Gasteiger partial charge in [0, 0.05) is 6.07 Å². The molecule has 3 rings (SSSR count). The molecule has 8 heteroatoms. The summed E-state index contributed by atoms with van der Waals surface area (Å²) in [5, 5.41) is 18.1. The molecule has 0 amide bonds. The number of oxazole rings is 1. The van der Waals surface area contributed by atoms with E-state index in [1.807, 2.05) is 0 Å². The Hall–Kier alpha value is -2.95. The monoisotopic (exact) mass is 245 g/mol. The topological polar surface area (TPSA) is 101 Å². The molecule has 0 aliphatic rings. The van der Waals surface area contributed by atoms with Gasteiger partial charge in [0.25, 0.3) is 0 Å². The van der Waals surface area contributed by atoms with Crippen LogP contribution in [0.5, 0.6) is 0 Å². The Labute approximate surface area is 98.9 Å². The van der Waals surface area contributed by atoms with Crippen LogP contribution in [0.15, 0.2) is 27.0 Å². The zero-order chi connectivity index (χ0) is 12.5. The molecule has 1 aromatic carbocycles. The number of hydrogen-bond donors (Lipinski definition) is 1. The first-order valence-corrected chi connectivity index (χ1v) is 4.81. The molecular formula is C10H4FN5O2. The van der Waals surface area contributed by atoms with Crippen molar-refractivity contribution in [2.24, 2.45) is 0 Å². The summed E-state index contributed by atoms with van der Waals surface area (Å²) in [6.45, 7) is 0. The van der Waals surface area contributed by atoms with Gasteiger partial charge < -0.3 is 8.83 Å². The van der Waals surface area contributed by atoms with Gasteiger partial charge in [0.05, 0.1) is 0 Å². The highest BCUT2D eigenvalue weighted by Gasteiger charge is 2.10. The average molecular weight is 245 g/mol. The highest BCUT2D eigenvalue weighted by molar-refractivity contribution is 5.74. The molecule has 0 aliphatic carbocycles.